The molecule has 0 amide bonds. The van der Waals surface area contributed by atoms with E-state index >= 15 is 0 Å². The second kappa shape index (κ2) is 7.43. The molecule has 0 rings (SSSR count). The van der Waals surface area contributed by atoms with Crippen molar-refractivity contribution in [2.75, 3.05) is 25.2 Å². The number of aliphatic hydroxyl groups excluding tert-OH is 1. The number of ether oxygens (including phenoxy) is 1. The molecule has 1 N–H and O–H groups in total. The van der Waals surface area contributed by atoms with E-state index in [-0.39, 0.29) is 12.6 Å². The Bertz CT molecular complexity index is 127. The third-order valence-corrected chi connectivity index (χ3v) is 2.72. The molecular weight excluding hydrogens is 176 g/mol. The second-order valence-corrected chi connectivity index (χ2v) is 3.74. The van der Waals surface area contributed by atoms with E-state index in [9.17, 15) is 4.79 Å². The van der Waals surface area contributed by atoms with Crippen LogP contribution in [-0.4, -0.2) is 36.3 Å². The van der Waals surface area contributed by atoms with Crippen molar-refractivity contribution >= 4 is 17.7 Å². The van der Waals surface area contributed by atoms with Crippen LogP contribution in [0, 0.1) is 5.92 Å². The van der Waals surface area contributed by atoms with Crippen molar-refractivity contribution in [3.8, 4) is 0 Å². The third kappa shape index (κ3) is 6.49. The van der Waals surface area contributed by atoms with Gasteiger partial charge in [0, 0.05) is 6.61 Å². The zero-order chi connectivity index (χ0) is 9.40. The summed E-state index contributed by atoms with van der Waals surface area (Å²) in [6.07, 6.45) is 0.800. The van der Waals surface area contributed by atoms with Gasteiger partial charge in [-0.05, 0) is 18.1 Å². The van der Waals surface area contributed by atoms with E-state index < -0.39 is 0 Å². The minimum absolute atomic E-state index is 0.184. The molecule has 0 aromatic heterocycles. The quantitative estimate of drug-likeness (QED) is 0.635. The van der Waals surface area contributed by atoms with Gasteiger partial charge in [0.05, 0.1) is 12.9 Å². The molecule has 1 atom stereocenters. The van der Waals surface area contributed by atoms with Gasteiger partial charge < -0.3 is 9.84 Å². The summed E-state index contributed by atoms with van der Waals surface area (Å²) < 4.78 is 4.48. The van der Waals surface area contributed by atoms with Gasteiger partial charge >= 0.3 is 5.97 Å². The van der Waals surface area contributed by atoms with Gasteiger partial charge in [-0.2, -0.15) is 0 Å². The van der Waals surface area contributed by atoms with Crippen molar-refractivity contribution in [1.29, 1.82) is 0 Å². The van der Waals surface area contributed by atoms with Crippen LogP contribution < -0.4 is 0 Å². The number of rotatable bonds is 6. The maximum absolute atomic E-state index is 10.7. The van der Waals surface area contributed by atoms with E-state index in [4.69, 9.17) is 5.11 Å². The van der Waals surface area contributed by atoms with Crippen LogP contribution in [0.15, 0.2) is 0 Å². The molecule has 0 aliphatic carbocycles. The summed E-state index contributed by atoms with van der Waals surface area (Å²) in [6, 6.07) is 0. The molecule has 0 heterocycles. The first kappa shape index (κ1) is 11.8. The van der Waals surface area contributed by atoms with Gasteiger partial charge in [-0.25, -0.2) is 0 Å². The lowest BCUT2D eigenvalue weighted by molar-refractivity contribution is -0.137. The number of carbonyl (C=O) groups is 1. The van der Waals surface area contributed by atoms with E-state index in [1.54, 1.807) is 11.8 Å². The smallest absolute Gasteiger partial charge is 0.315 e. The van der Waals surface area contributed by atoms with Crippen LogP contribution in [0.2, 0.25) is 0 Å². The average Bonchev–Trinajstić information content (AvgIpc) is 2.04. The lowest BCUT2D eigenvalue weighted by Crippen LogP contribution is -2.07. The Labute approximate surface area is 77.5 Å². The lowest BCUT2D eigenvalue weighted by Gasteiger charge is -2.07. The molecule has 0 saturated heterocycles. The Kier molecular flexibility index (Phi) is 7.29. The molecule has 4 heteroatoms. The largest absolute Gasteiger partial charge is 0.468 e. The standard InChI is InChI=1S/C8H16O3S/c1-7(3-4-9)5-12-6-8(10)11-2/h7,9H,3-6H2,1-2H3. The minimum atomic E-state index is -0.184. The summed E-state index contributed by atoms with van der Waals surface area (Å²) in [5, 5.41) is 8.59. The van der Waals surface area contributed by atoms with E-state index in [0.717, 1.165) is 12.2 Å². The monoisotopic (exact) mass is 192 g/mol. The van der Waals surface area contributed by atoms with Gasteiger partial charge in [0.15, 0.2) is 0 Å². The van der Waals surface area contributed by atoms with Crippen LogP contribution in [-0.2, 0) is 9.53 Å². The zero-order valence-electron chi connectivity index (χ0n) is 7.58. The highest BCUT2D eigenvalue weighted by Gasteiger charge is 2.04. The van der Waals surface area contributed by atoms with Gasteiger partial charge in [-0.1, -0.05) is 6.92 Å². The van der Waals surface area contributed by atoms with Crippen LogP contribution in [0.25, 0.3) is 0 Å². The Morgan fingerprint density at radius 3 is 2.83 bits per heavy atom. The summed E-state index contributed by atoms with van der Waals surface area (Å²) in [5.41, 5.74) is 0. The summed E-state index contributed by atoms with van der Waals surface area (Å²) >= 11 is 1.55. The van der Waals surface area contributed by atoms with E-state index in [2.05, 4.69) is 11.7 Å². The second-order valence-electron chi connectivity index (χ2n) is 2.71. The number of methoxy groups -OCH3 is 1. The predicted octanol–water partition coefficient (Wildman–Crippen LogP) is 0.911. The molecule has 1 unspecified atom stereocenters. The lowest BCUT2D eigenvalue weighted by atomic mass is 10.1. The van der Waals surface area contributed by atoms with Crippen molar-refractivity contribution < 1.29 is 14.6 Å². The first-order valence-corrected chi connectivity index (χ1v) is 5.11. The first-order valence-electron chi connectivity index (χ1n) is 3.96. The van der Waals surface area contributed by atoms with Crippen molar-refractivity contribution in [2.24, 2.45) is 5.92 Å². The minimum Gasteiger partial charge on any atom is -0.468 e. The molecular formula is C8H16O3S. The Morgan fingerprint density at radius 1 is 1.67 bits per heavy atom. The van der Waals surface area contributed by atoms with E-state index in [1.165, 1.54) is 7.11 Å². The molecule has 0 saturated carbocycles. The zero-order valence-corrected chi connectivity index (χ0v) is 8.39. The Balaban J connectivity index is 3.24. The highest BCUT2D eigenvalue weighted by Crippen LogP contribution is 2.10. The Morgan fingerprint density at radius 2 is 2.33 bits per heavy atom. The van der Waals surface area contributed by atoms with Crippen LogP contribution >= 0.6 is 11.8 Å². The fourth-order valence-electron chi connectivity index (χ4n) is 0.706. The van der Waals surface area contributed by atoms with Gasteiger partial charge in [0.25, 0.3) is 0 Å². The van der Waals surface area contributed by atoms with Crippen LogP contribution in [0.4, 0.5) is 0 Å². The SMILES string of the molecule is COC(=O)CSCC(C)CCO. The fraction of sp³-hybridized carbons (Fsp3) is 0.875. The maximum atomic E-state index is 10.7. The highest BCUT2D eigenvalue weighted by atomic mass is 32.2. The molecule has 0 spiro atoms. The normalized spacial score (nSPS) is 12.6. The molecule has 72 valence electrons. The van der Waals surface area contributed by atoms with Gasteiger partial charge in [-0.3, -0.25) is 4.79 Å². The summed E-state index contributed by atoms with van der Waals surface area (Å²) in [4.78, 5) is 10.7. The van der Waals surface area contributed by atoms with E-state index in [0.29, 0.717) is 11.7 Å². The first-order chi connectivity index (χ1) is 5.70. The molecule has 0 fully saturated rings. The van der Waals surface area contributed by atoms with Crippen molar-refractivity contribution in [3.05, 3.63) is 0 Å². The fourth-order valence-corrected chi connectivity index (χ4v) is 1.68. The molecule has 0 bridgehead atoms. The van der Waals surface area contributed by atoms with Gasteiger partial charge in [-0.15, -0.1) is 11.8 Å². The number of hydrogen-bond acceptors (Lipinski definition) is 4. The van der Waals surface area contributed by atoms with Gasteiger partial charge in [0.1, 0.15) is 0 Å². The highest BCUT2D eigenvalue weighted by molar-refractivity contribution is 7.99. The molecule has 12 heavy (non-hydrogen) atoms. The van der Waals surface area contributed by atoms with Crippen molar-refractivity contribution in [1.82, 2.24) is 0 Å². The summed E-state index contributed by atoms with van der Waals surface area (Å²) in [5.74, 6) is 1.59. The van der Waals surface area contributed by atoms with Gasteiger partial charge in [0.2, 0.25) is 0 Å². The number of aliphatic hydroxyl groups is 1. The number of thioether (sulfide) groups is 1. The maximum Gasteiger partial charge on any atom is 0.315 e. The van der Waals surface area contributed by atoms with Crippen LogP contribution in [0.1, 0.15) is 13.3 Å². The number of carbonyl (C=O) groups excluding carboxylic acids is 1. The molecule has 0 aromatic rings. The molecule has 0 radical (unpaired) electrons. The molecule has 0 aromatic carbocycles. The Hall–Kier alpha value is -0.220. The number of esters is 1. The molecule has 3 nitrogen and oxygen atoms in total. The molecule has 0 aliphatic rings. The molecule has 0 aliphatic heterocycles. The van der Waals surface area contributed by atoms with Crippen LogP contribution in [0.5, 0.6) is 0 Å². The number of hydrogen-bond donors (Lipinski definition) is 1. The van der Waals surface area contributed by atoms with Crippen molar-refractivity contribution in [3.63, 3.8) is 0 Å². The third-order valence-electron chi connectivity index (χ3n) is 1.47. The average molecular weight is 192 g/mol. The summed E-state index contributed by atoms with van der Waals surface area (Å²) in [7, 11) is 1.39. The topological polar surface area (TPSA) is 46.5 Å². The van der Waals surface area contributed by atoms with E-state index in [1.807, 2.05) is 0 Å². The summed E-state index contributed by atoms with van der Waals surface area (Å²) in [6.45, 7) is 2.28. The van der Waals surface area contributed by atoms with Crippen molar-refractivity contribution in [2.45, 2.75) is 13.3 Å². The predicted molar refractivity (Wildman–Crippen MR) is 50.2 cm³/mol. The van der Waals surface area contributed by atoms with Crippen LogP contribution in [0.3, 0.4) is 0 Å².